The Balaban J connectivity index is 2.05. The minimum atomic E-state index is 0.453. The second-order valence-electron chi connectivity index (χ2n) is 4.75. The molecule has 0 atom stereocenters. The summed E-state index contributed by atoms with van der Waals surface area (Å²) in [5.74, 6) is 0. The number of dihydropyridines is 1. The molecule has 1 spiro atoms. The molecule has 13 heavy (non-hydrogen) atoms. The number of allylic oxidation sites excluding steroid dienone is 3. The van der Waals surface area contributed by atoms with Crippen molar-refractivity contribution in [2.24, 2.45) is 0 Å². The smallest absolute Gasteiger partial charge is 0.0590 e. The molecule has 0 aromatic rings. The zero-order chi connectivity index (χ0) is 8.89. The van der Waals surface area contributed by atoms with E-state index in [1.807, 2.05) is 0 Å². The molecule has 0 bridgehead atoms. The van der Waals surface area contributed by atoms with E-state index >= 15 is 0 Å². The predicted octanol–water partition coefficient (Wildman–Crippen LogP) is 2.90. The number of rotatable bonds is 0. The van der Waals surface area contributed by atoms with E-state index in [-0.39, 0.29) is 0 Å². The van der Waals surface area contributed by atoms with Crippen LogP contribution >= 0.6 is 0 Å². The molecule has 70 valence electrons. The SMILES string of the molecule is CC1=CC2=C(CCCC2)C2(CC2)N1. The van der Waals surface area contributed by atoms with Gasteiger partial charge in [-0.25, -0.2) is 0 Å². The van der Waals surface area contributed by atoms with Gasteiger partial charge in [-0.3, -0.25) is 0 Å². The van der Waals surface area contributed by atoms with Crippen LogP contribution in [0.5, 0.6) is 0 Å². The van der Waals surface area contributed by atoms with E-state index in [0.29, 0.717) is 5.54 Å². The van der Waals surface area contributed by atoms with Crippen molar-refractivity contribution in [3.63, 3.8) is 0 Å². The van der Waals surface area contributed by atoms with Crippen molar-refractivity contribution in [1.82, 2.24) is 5.32 Å². The van der Waals surface area contributed by atoms with Gasteiger partial charge in [0, 0.05) is 5.70 Å². The minimum Gasteiger partial charge on any atom is -0.379 e. The fourth-order valence-corrected chi connectivity index (χ4v) is 2.94. The molecule has 1 aliphatic heterocycles. The molecule has 0 radical (unpaired) electrons. The molecule has 1 saturated carbocycles. The lowest BCUT2D eigenvalue weighted by Crippen LogP contribution is -2.36. The lowest BCUT2D eigenvalue weighted by Gasteiger charge is -2.32. The summed E-state index contributed by atoms with van der Waals surface area (Å²) in [4.78, 5) is 0. The summed E-state index contributed by atoms with van der Waals surface area (Å²) >= 11 is 0. The highest BCUT2D eigenvalue weighted by molar-refractivity contribution is 5.45. The molecule has 1 heteroatoms. The quantitative estimate of drug-likeness (QED) is 0.597. The molecule has 0 aromatic heterocycles. The van der Waals surface area contributed by atoms with Crippen LogP contribution in [0.1, 0.15) is 45.4 Å². The Morgan fingerprint density at radius 3 is 2.77 bits per heavy atom. The van der Waals surface area contributed by atoms with Gasteiger partial charge in [0.15, 0.2) is 0 Å². The Labute approximate surface area is 79.9 Å². The third-order valence-corrected chi connectivity index (χ3v) is 3.67. The van der Waals surface area contributed by atoms with Crippen LogP contribution in [0, 0.1) is 0 Å². The summed E-state index contributed by atoms with van der Waals surface area (Å²) in [6.45, 7) is 2.21. The second kappa shape index (κ2) is 2.40. The van der Waals surface area contributed by atoms with Gasteiger partial charge in [-0.1, -0.05) is 0 Å². The van der Waals surface area contributed by atoms with Gasteiger partial charge in [-0.15, -0.1) is 0 Å². The Morgan fingerprint density at radius 2 is 2.00 bits per heavy atom. The van der Waals surface area contributed by atoms with Gasteiger partial charge in [0.25, 0.3) is 0 Å². The third kappa shape index (κ3) is 1.06. The van der Waals surface area contributed by atoms with Gasteiger partial charge in [0.05, 0.1) is 5.54 Å². The van der Waals surface area contributed by atoms with Crippen molar-refractivity contribution in [2.45, 2.75) is 51.0 Å². The highest BCUT2D eigenvalue weighted by atomic mass is 15.0. The first-order valence-electron chi connectivity index (χ1n) is 5.49. The van der Waals surface area contributed by atoms with Gasteiger partial charge in [0.2, 0.25) is 0 Å². The number of nitrogens with one attached hydrogen (secondary N) is 1. The highest BCUT2D eigenvalue weighted by Gasteiger charge is 2.48. The Bertz CT molecular complexity index is 305. The highest BCUT2D eigenvalue weighted by Crippen LogP contribution is 2.50. The first-order chi connectivity index (χ1) is 6.30. The van der Waals surface area contributed by atoms with Gasteiger partial charge >= 0.3 is 0 Å². The van der Waals surface area contributed by atoms with Crippen molar-refractivity contribution in [2.75, 3.05) is 0 Å². The molecule has 0 aromatic carbocycles. The maximum absolute atomic E-state index is 3.67. The molecule has 1 fully saturated rings. The van der Waals surface area contributed by atoms with Gasteiger partial charge in [0.1, 0.15) is 0 Å². The molecular formula is C12H17N. The molecule has 3 rings (SSSR count). The summed E-state index contributed by atoms with van der Waals surface area (Å²) in [7, 11) is 0. The summed E-state index contributed by atoms with van der Waals surface area (Å²) < 4.78 is 0. The monoisotopic (exact) mass is 175 g/mol. The third-order valence-electron chi connectivity index (χ3n) is 3.67. The summed E-state index contributed by atoms with van der Waals surface area (Å²) in [6.07, 6.45) is 10.6. The fraction of sp³-hybridized carbons (Fsp3) is 0.667. The molecule has 0 saturated heterocycles. The molecule has 1 heterocycles. The zero-order valence-electron chi connectivity index (χ0n) is 8.32. The Hall–Kier alpha value is -0.720. The molecule has 1 nitrogen and oxygen atoms in total. The van der Waals surface area contributed by atoms with E-state index in [9.17, 15) is 0 Å². The van der Waals surface area contributed by atoms with Crippen LogP contribution in [0.3, 0.4) is 0 Å². The maximum atomic E-state index is 3.67. The Morgan fingerprint density at radius 1 is 1.23 bits per heavy atom. The predicted molar refractivity (Wildman–Crippen MR) is 54.4 cm³/mol. The van der Waals surface area contributed by atoms with Crippen molar-refractivity contribution >= 4 is 0 Å². The standard InChI is InChI=1S/C12H17N/c1-9-8-10-4-2-3-5-11(10)12(13-9)6-7-12/h8,13H,2-7H2,1H3. The van der Waals surface area contributed by atoms with Crippen LogP contribution in [0.25, 0.3) is 0 Å². The molecule has 2 aliphatic carbocycles. The minimum absolute atomic E-state index is 0.453. The van der Waals surface area contributed by atoms with Crippen LogP contribution < -0.4 is 5.32 Å². The zero-order valence-corrected chi connectivity index (χ0v) is 8.32. The van der Waals surface area contributed by atoms with Gasteiger partial charge < -0.3 is 5.32 Å². The van der Waals surface area contributed by atoms with Crippen LogP contribution in [0.4, 0.5) is 0 Å². The average molecular weight is 175 g/mol. The number of hydrogen-bond donors (Lipinski definition) is 1. The maximum Gasteiger partial charge on any atom is 0.0590 e. The van der Waals surface area contributed by atoms with Gasteiger partial charge in [-0.05, 0) is 62.7 Å². The normalized spacial score (nSPS) is 29.5. The topological polar surface area (TPSA) is 12.0 Å². The first kappa shape index (κ1) is 7.66. The van der Waals surface area contributed by atoms with E-state index in [1.54, 1.807) is 11.1 Å². The number of fused-ring (bicyclic) bond motifs is 1. The van der Waals surface area contributed by atoms with Crippen molar-refractivity contribution in [3.8, 4) is 0 Å². The van der Waals surface area contributed by atoms with Crippen LogP contribution in [-0.4, -0.2) is 5.54 Å². The van der Waals surface area contributed by atoms with Gasteiger partial charge in [-0.2, -0.15) is 0 Å². The molecule has 0 amide bonds. The second-order valence-corrected chi connectivity index (χ2v) is 4.75. The molecule has 3 aliphatic rings. The van der Waals surface area contributed by atoms with Crippen LogP contribution in [0.2, 0.25) is 0 Å². The molecule has 0 unspecified atom stereocenters. The Kier molecular flexibility index (Phi) is 1.42. The average Bonchev–Trinajstić information content (AvgIpc) is 2.85. The summed E-state index contributed by atoms with van der Waals surface area (Å²) in [6, 6.07) is 0. The summed E-state index contributed by atoms with van der Waals surface area (Å²) in [5.41, 5.74) is 5.26. The number of hydrogen-bond acceptors (Lipinski definition) is 1. The molecule has 1 N–H and O–H groups in total. The first-order valence-corrected chi connectivity index (χ1v) is 5.49. The fourth-order valence-electron chi connectivity index (χ4n) is 2.94. The van der Waals surface area contributed by atoms with E-state index < -0.39 is 0 Å². The lowest BCUT2D eigenvalue weighted by atomic mass is 9.83. The van der Waals surface area contributed by atoms with Crippen molar-refractivity contribution < 1.29 is 0 Å². The van der Waals surface area contributed by atoms with E-state index in [4.69, 9.17) is 0 Å². The lowest BCUT2D eigenvalue weighted by molar-refractivity contribution is 0.542. The molecular weight excluding hydrogens is 158 g/mol. The largest absolute Gasteiger partial charge is 0.379 e. The van der Waals surface area contributed by atoms with Crippen LogP contribution in [0.15, 0.2) is 22.9 Å². The van der Waals surface area contributed by atoms with Crippen molar-refractivity contribution in [3.05, 3.63) is 22.9 Å². The van der Waals surface area contributed by atoms with Crippen LogP contribution in [-0.2, 0) is 0 Å². The van der Waals surface area contributed by atoms with E-state index in [1.165, 1.54) is 44.2 Å². The van der Waals surface area contributed by atoms with Crippen molar-refractivity contribution in [1.29, 1.82) is 0 Å². The van der Waals surface area contributed by atoms with E-state index in [0.717, 1.165) is 0 Å². The van der Waals surface area contributed by atoms with E-state index in [2.05, 4.69) is 18.3 Å². The summed E-state index contributed by atoms with van der Waals surface area (Å²) in [5, 5.41) is 3.67.